The highest BCUT2D eigenvalue weighted by Crippen LogP contribution is 2.40. The zero-order chi connectivity index (χ0) is 20.1. The summed E-state index contributed by atoms with van der Waals surface area (Å²) >= 11 is 0. The van der Waals surface area contributed by atoms with Crippen LogP contribution in [0.25, 0.3) is 0 Å². The van der Waals surface area contributed by atoms with E-state index in [1.54, 1.807) is 20.8 Å². The first-order chi connectivity index (χ1) is 11.7. The number of carboxylic acids is 1. The lowest BCUT2D eigenvalue weighted by Gasteiger charge is -2.23. The van der Waals surface area contributed by atoms with E-state index in [1.807, 2.05) is 0 Å². The molecule has 6 N–H and O–H groups in total. The van der Waals surface area contributed by atoms with Gasteiger partial charge in [-0.3, -0.25) is 14.6 Å². The number of rotatable bonds is 7. The standard InChI is InChI=1S/C15H23N2O8P/c1-15(2,3)24-14(20)17-10(8-13(18)19)6-9-4-5-12(11(16)7-9)25-26(21,22)23/h4-5,7,10H,6,8,16H2,1-3H3,(H,17,20)(H,18,19)(H2,21,22,23). The predicted octanol–water partition coefficient (Wildman–Crippen LogP) is 1.65. The molecule has 1 amide bonds. The SMILES string of the molecule is CC(C)(C)OC(=O)NC(CC(=O)O)Cc1ccc(OP(=O)(O)O)c(N)c1. The Morgan fingerprint density at radius 2 is 1.92 bits per heavy atom. The zero-order valence-corrected chi connectivity index (χ0v) is 15.5. The lowest BCUT2D eigenvalue weighted by atomic mass is 10.0. The van der Waals surface area contributed by atoms with Crippen LogP contribution in [0.15, 0.2) is 18.2 Å². The van der Waals surface area contributed by atoms with Gasteiger partial charge in [0.05, 0.1) is 12.1 Å². The van der Waals surface area contributed by atoms with Gasteiger partial charge in [0, 0.05) is 6.04 Å². The van der Waals surface area contributed by atoms with E-state index in [2.05, 4.69) is 9.84 Å². The van der Waals surface area contributed by atoms with Crippen LogP contribution in [0.1, 0.15) is 32.8 Å². The number of carbonyl (C=O) groups is 2. The summed E-state index contributed by atoms with van der Waals surface area (Å²) in [5.41, 5.74) is 5.47. The number of nitrogens with one attached hydrogen (secondary N) is 1. The van der Waals surface area contributed by atoms with Crippen LogP contribution >= 0.6 is 7.82 Å². The van der Waals surface area contributed by atoms with Crippen molar-refractivity contribution in [2.24, 2.45) is 0 Å². The van der Waals surface area contributed by atoms with Gasteiger partial charge in [-0.15, -0.1) is 0 Å². The fourth-order valence-corrected chi connectivity index (χ4v) is 2.50. The van der Waals surface area contributed by atoms with E-state index in [0.717, 1.165) is 0 Å². The van der Waals surface area contributed by atoms with E-state index >= 15 is 0 Å². The summed E-state index contributed by atoms with van der Waals surface area (Å²) in [4.78, 5) is 40.5. The number of alkyl carbamates (subject to hydrolysis) is 1. The number of nitrogens with two attached hydrogens (primary N) is 1. The Morgan fingerprint density at radius 1 is 1.31 bits per heavy atom. The molecule has 1 unspecified atom stereocenters. The summed E-state index contributed by atoms with van der Waals surface area (Å²) in [5.74, 6) is -1.31. The van der Waals surface area contributed by atoms with E-state index in [1.165, 1.54) is 18.2 Å². The molecule has 1 rings (SSSR count). The molecule has 0 fully saturated rings. The van der Waals surface area contributed by atoms with Crippen LogP contribution in [0.2, 0.25) is 0 Å². The second-order valence-electron chi connectivity index (χ2n) is 6.60. The van der Waals surface area contributed by atoms with Gasteiger partial charge < -0.3 is 25.4 Å². The predicted molar refractivity (Wildman–Crippen MR) is 92.6 cm³/mol. The molecule has 0 saturated carbocycles. The average Bonchev–Trinajstić information content (AvgIpc) is 2.37. The van der Waals surface area contributed by atoms with E-state index in [0.29, 0.717) is 5.56 Å². The van der Waals surface area contributed by atoms with Gasteiger partial charge in [0.25, 0.3) is 0 Å². The third-order valence-electron chi connectivity index (χ3n) is 2.92. The normalized spacial score (nSPS) is 13.0. The maximum Gasteiger partial charge on any atom is 0.524 e. The quantitative estimate of drug-likeness (QED) is 0.343. The third kappa shape index (κ3) is 8.70. The number of hydrogen-bond donors (Lipinski definition) is 5. The molecule has 1 aromatic rings. The highest BCUT2D eigenvalue weighted by atomic mass is 31.2. The molecule has 10 nitrogen and oxygen atoms in total. The minimum absolute atomic E-state index is 0.0304. The van der Waals surface area contributed by atoms with Gasteiger partial charge in [0.1, 0.15) is 5.60 Å². The molecule has 1 aromatic carbocycles. The first-order valence-corrected chi connectivity index (χ1v) is 9.13. The van der Waals surface area contributed by atoms with Gasteiger partial charge in [-0.2, -0.15) is 0 Å². The number of nitrogen functional groups attached to an aromatic ring is 1. The fourth-order valence-electron chi connectivity index (χ4n) is 2.08. The molecule has 0 aliphatic carbocycles. The van der Waals surface area contributed by atoms with Crippen molar-refractivity contribution in [1.29, 1.82) is 0 Å². The molecule has 146 valence electrons. The molecule has 0 aliphatic rings. The average molecular weight is 390 g/mol. The lowest BCUT2D eigenvalue weighted by molar-refractivity contribution is -0.137. The van der Waals surface area contributed by atoms with Crippen molar-refractivity contribution in [3.8, 4) is 5.75 Å². The van der Waals surface area contributed by atoms with Crippen molar-refractivity contribution >= 4 is 25.6 Å². The summed E-state index contributed by atoms with van der Waals surface area (Å²) in [6.07, 6.45) is -0.982. The second-order valence-corrected chi connectivity index (χ2v) is 7.76. The molecule has 0 aliphatic heterocycles. The van der Waals surface area contributed by atoms with E-state index < -0.39 is 31.5 Å². The third-order valence-corrected chi connectivity index (χ3v) is 3.35. The Bertz CT molecular complexity index is 710. The summed E-state index contributed by atoms with van der Waals surface area (Å²) in [5, 5.41) is 11.5. The van der Waals surface area contributed by atoms with Crippen LogP contribution in [0.5, 0.6) is 5.75 Å². The topological polar surface area (TPSA) is 168 Å². The first-order valence-electron chi connectivity index (χ1n) is 7.60. The minimum Gasteiger partial charge on any atom is -0.481 e. The number of hydrogen-bond acceptors (Lipinski definition) is 6. The van der Waals surface area contributed by atoms with Crippen molar-refractivity contribution in [3.63, 3.8) is 0 Å². The molecular weight excluding hydrogens is 367 g/mol. The monoisotopic (exact) mass is 390 g/mol. The van der Waals surface area contributed by atoms with Gasteiger partial charge in [-0.25, -0.2) is 9.36 Å². The van der Waals surface area contributed by atoms with Crippen molar-refractivity contribution in [2.75, 3.05) is 5.73 Å². The molecule has 0 bridgehead atoms. The number of phosphoric ester groups is 1. The molecule has 0 aromatic heterocycles. The molecule has 0 heterocycles. The lowest BCUT2D eigenvalue weighted by Crippen LogP contribution is -2.41. The van der Waals surface area contributed by atoms with Gasteiger partial charge >= 0.3 is 19.9 Å². The molecule has 26 heavy (non-hydrogen) atoms. The van der Waals surface area contributed by atoms with E-state index in [4.69, 9.17) is 25.4 Å². The Labute approximate surface area is 150 Å². The summed E-state index contributed by atoms with van der Waals surface area (Å²) in [6, 6.07) is 3.34. The molecule has 0 saturated heterocycles. The van der Waals surface area contributed by atoms with Gasteiger partial charge in [-0.1, -0.05) is 6.07 Å². The molecule has 11 heteroatoms. The Kier molecular flexibility index (Phi) is 7.02. The van der Waals surface area contributed by atoms with E-state index in [9.17, 15) is 14.2 Å². The maximum absolute atomic E-state index is 11.9. The number of phosphoric acid groups is 1. The molecule has 0 radical (unpaired) electrons. The highest BCUT2D eigenvalue weighted by Gasteiger charge is 2.22. The number of carbonyl (C=O) groups excluding carboxylic acids is 1. The maximum atomic E-state index is 11.9. The van der Waals surface area contributed by atoms with Crippen LogP contribution in [-0.4, -0.2) is 38.6 Å². The molecule has 1 atom stereocenters. The van der Waals surface area contributed by atoms with E-state index in [-0.39, 0.29) is 24.3 Å². The van der Waals surface area contributed by atoms with Crippen LogP contribution < -0.4 is 15.6 Å². The Balaban J connectivity index is 2.87. The summed E-state index contributed by atoms with van der Waals surface area (Å²) in [6.45, 7) is 5.04. The highest BCUT2D eigenvalue weighted by molar-refractivity contribution is 7.46. The van der Waals surface area contributed by atoms with Crippen LogP contribution in [-0.2, 0) is 20.5 Å². The zero-order valence-electron chi connectivity index (χ0n) is 14.6. The number of aliphatic carboxylic acids is 1. The second kappa shape index (κ2) is 8.39. The number of ether oxygens (including phenoxy) is 1. The number of amides is 1. The Morgan fingerprint density at radius 3 is 2.38 bits per heavy atom. The van der Waals surface area contributed by atoms with Crippen LogP contribution in [0, 0.1) is 0 Å². The van der Waals surface area contributed by atoms with Gasteiger partial charge in [0.15, 0.2) is 5.75 Å². The largest absolute Gasteiger partial charge is 0.524 e. The fraction of sp³-hybridized carbons (Fsp3) is 0.467. The van der Waals surface area contributed by atoms with Crippen LogP contribution in [0.4, 0.5) is 10.5 Å². The van der Waals surface area contributed by atoms with Crippen molar-refractivity contribution < 1.29 is 38.3 Å². The van der Waals surface area contributed by atoms with Crippen LogP contribution in [0.3, 0.4) is 0 Å². The molecule has 0 spiro atoms. The number of anilines is 1. The van der Waals surface area contributed by atoms with Gasteiger partial charge in [-0.05, 0) is 44.9 Å². The minimum atomic E-state index is -4.75. The van der Waals surface area contributed by atoms with Crippen molar-refractivity contribution in [2.45, 2.75) is 45.3 Å². The number of carboxylic acid groups (broad SMARTS) is 1. The summed E-state index contributed by atoms with van der Waals surface area (Å²) < 4.78 is 20.4. The number of benzene rings is 1. The Hall–Kier alpha value is -2.29. The van der Waals surface area contributed by atoms with Gasteiger partial charge in [0.2, 0.25) is 0 Å². The van der Waals surface area contributed by atoms with Crippen molar-refractivity contribution in [1.82, 2.24) is 5.32 Å². The molecular formula is C15H23N2O8P. The summed E-state index contributed by atoms with van der Waals surface area (Å²) in [7, 11) is -4.75. The van der Waals surface area contributed by atoms with Crippen molar-refractivity contribution in [3.05, 3.63) is 23.8 Å². The smallest absolute Gasteiger partial charge is 0.481 e. The first kappa shape index (κ1) is 21.8.